The Labute approximate surface area is 326 Å². The molecular formula is C44H83N7S. The minimum absolute atomic E-state index is 0.576. The molecule has 0 fully saturated rings. The molecule has 0 aliphatic carbocycles. The Morgan fingerprint density at radius 1 is 0.442 bits per heavy atom. The number of nitrogens with zero attached hydrogens (tertiary/aromatic N) is 6. The van der Waals surface area contributed by atoms with Gasteiger partial charge in [0, 0.05) is 38.8 Å². The second kappa shape index (κ2) is 33.6. The van der Waals surface area contributed by atoms with Crippen LogP contribution in [0.3, 0.4) is 0 Å². The van der Waals surface area contributed by atoms with Crippen molar-refractivity contribution in [3.8, 4) is 0 Å². The van der Waals surface area contributed by atoms with E-state index in [4.69, 9.17) is 15.0 Å². The first-order valence-corrected chi connectivity index (χ1v) is 23.4. The van der Waals surface area contributed by atoms with Crippen LogP contribution in [0.15, 0.2) is 11.6 Å². The fraction of sp³-hybridized carbons (Fsp3) is 0.864. The Balaban J connectivity index is 1.59. The number of unbranched alkanes of at least 4 members (excludes halogenated alkanes) is 30. The van der Waals surface area contributed by atoms with Crippen LogP contribution >= 0.6 is 11.3 Å². The lowest BCUT2D eigenvalue weighted by molar-refractivity contribution is 0.529. The molecule has 2 heterocycles. The molecule has 0 bridgehead atoms. The molecule has 300 valence electrons. The lowest BCUT2D eigenvalue weighted by Gasteiger charge is -2.22. The van der Waals surface area contributed by atoms with Gasteiger partial charge < -0.3 is 9.80 Å². The summed E-state index contributed by atoms with van der Waals surface area (Å²) in [5.74, 6) is 2.06. The highest BCUT2D eigenvalue weighted by molar-refractivity contribution is 7.13. The monoisotopic (exact) mass is 742 g/mol. The number of aromatic nitrogens is 4. The third-order valence-electron chi connectivity index (χ3n) is 10.6. The summed E-state index contributed by atoms with van der Waals surface area (Å²) in [6.07, 6.45) is 46.2. The number of hydrogen-bond donors (Lipinski definition) is 1. The van der Waals surface area contributed by atoms with Crippen LogP contribution < -0.4 is 15.1 Å². The number of hydrogen-bond acceptors (Lipinski definition) is 8. The number of anilines is 4. The second-order valence-corrected chi connectivity index (χ2v) is 16.6. The fourth-order valence-corrected chi connectivity index (χ4v) is 7.65. The van der Waals surface area contributed by atoms with E-state index >= 15 is 0 Å². The van der Waals surface area contributed by atoms with Crippen LogP contribution in [0.2, 0.25) is 0 Å². The highest BCUT2D eigenvalue weighted by Crippen LogP contribution is 2.22. The van der Waals surface area contributed by atoms with Gasteiger partial charge in [0.05, 0.1) is 0 Å². The van der Waals surface area contributed by atoms with Crippen LogP contribution in [0, 0.1) is 0 Å². The lowest BCUT2D eigenvalue weighted by Crippen LogP contribution is -2.26. The van der Waals surface area contributed by atoms with Crippen molar-refractivity contribution < 1.29 is 0 Å². The first-order valence-electron chi connectivity index (χ1n) is 22.5. The van der Waals surface area contributed by atoms with Crippen molar-refractivity contribution >= 4 is 34.3 Å². The maximum atomic E-state index is 4.92. The highest BCUT2D eigenvalue weighted by atomic mass is 32.1. The maximum Gasteiger partial charge on any atom is 0.235 e. The van der Waals surface area contributed by atoms with E-state index in [0.717, 1.165) is 30.1 Å². The zero-order valence-electron chi connectivity index (χ0n) is 34.8. The normalized spacial score (nSPS) is 11.4. The molecule has 8 heteroatoms. The molecule has 2 aromatic rings. The Bertz CT molecular complexity index is 973. The van der Waals surface area contributed by atoms with Gasteiger partial charge in [-0.3, -0.25) is 5.32 Å². The molecule has 0 aliphatic rings. The summed E-state index contributed by atoms with van der Waals surface area (Å²) in [6.45, 7) is 6.52. The van der Waals surface area contributed by atoms with Crippen molar-refractivity contribution in [3.63, 3.8) is 0 Å². The average molecular weight is 742 g/mol. The molecule has 0 atom stereocenters. The molecule has 0 aliphatic heterocycles. The van der Waals surface area contributed by atoms with Crippen molar-refractivity contribution in [2.24, 2.45) is 0 Å². The standard InChI is InChI=1S/C44H83N7S/c1-5-7-9-11-13-15-17-19-21-23-25-27-29-31-33-35-38-50(3)42-46-41(48-44-45-37-40-52-44)47-43(49-42)51(4)39-36-34-32-30-28-26-24-22-20-18-16-14-12-10-8-6-2/h37,40H,5-36,38-39H2,1-4H3,(H,45,46,47,48,49). The topological polar surface area (TPSA) is 70.1 Å². The molecule has 0 saturated heterocycles. The largest absolute Gasteiger partial charge is 0.344 e. The van der Waals surface area contributed by atoms with E-state index in [0.29, 0.717) is 5.95 Å². The molecule has 52 heavy (non-hydrogen) atoms. The molecule has 0 radical (unpaired) electrons. The molecule has 0 spiro atoms. The molecule has 0 amide bonds. The Hall–Kier alpha value is -1.96. The number of rotatable bonds is 38. The van der Waals surface area contributed by atoms with Gasteiger partial charge in [-0.25, -0.2) is 4.98 Å². The smallest absolute Gasteiger partial charge is 0.235 e. The lowest BCUT2D eigenvalue weighted by atomic mass is 10.0. The van der Waals surface area contributed by atoms with Gasteiger partial charge in [0.1, 0.15) is 0 Å². The summed E-state index contributed by atoms with van der Waals surface area (Å²) in [4.78, 5) is 23.3. The van der Waals surface area contributed by atoms with Crippen LogP contribution in [0.1, 0.15) is 219 Å². The van der Waals surface area contributed by atoms with E-state index in [2.05, 4.69) is 48.0 Å². The Morgan fingerprint density at radius 3 is 1.04 bits per heavy atom. The molecule has 0 aromatic carbocycles. The SMILES string of the molecule is CCCCCCCCCCCCCCCCCCN(C)c1nc(Nc2nccs2)nc(N(C)CCCCCCCCCCCCCCCCCC)n1. The molecule has 2 aromatic heterocycles. The number of nitrogens with one attached hydrogen (secondary N) is 1. The summed E-state index contributed by atoms with van der Waals surface area (Å²) in [5.41, 5.74) is 0. The first-order chi connectivity index (χ1) is 25.6. The van der Waals surface area contributed by atoms with E-state index in [1.807, 2.05) is 11.6 Å². The van der Waals surface area contributed by atoms with E-state index in [1.165, 1.54) is 205 Å². The van der Waals surface area contributed by atoms with Gasteiger partial charge in [-0.2, -0.15) is 15.0 Å². The van der Waals surface area contributed by atoms with Crippen molar-refractivity contribution in [3.05, 3.63) is 11.6 Å². The van der Waals surface area contributed by atoms with Gasteiger partial charge in [-0.15, -0.1) is 11.3 Å². The van der Waals surface area contributed by atoms with Gasteiger partial charge in [-0.05, 0) is 12.8 Å². The number of thiazole rings is 1. The molecule has 7 nitrogen and oxygen atoms in total. The summed E-state index contributed by atoms with van der Waals surface area (Å²) >= 11 is 1.56. The fourth-order valence-electron chi connectivity index (χ4n) is 7.13. The van der Waals surface area contributed by atoms with Crippen LogP contribution in [-0.2, 0) is 0 Å². The minimum atomic E-state index is 0.576. The van der Waals surface area contributed by atoms with E-state index in [1.54, 1.807) is 11.3 Å². The van der Waals surface area contributed by atoms with Crippen LogP contribution in [0.25, 0.3) is 0 Å². The molecule has 0 saturated carbocycles. The van der Waals surface area contributed by atoms with Crippen molar-refractivity contribution in [2.75, 3.05) is 42.3 Å². The van der Waals surface area contributed by atoms with Crippen molar-refractivity contribution in [1.29, 1.82) is 0 Å². The van der Waals surface area contributed by atoms with Crippen molar-refractivity contribution in [2.45, 2.75) is 219 Å². The average Bonchev–Trinajstić information content (AvgIpc) is 3.67. The van der Waals surface area contributed by atoms with Gasteiger partial charge in [0.15, 0.2) is 5.13 Å². The third-order valence-corrected chi connectivity index (χ3v) is 11.3. The van der Waals surface area contributed by atoms with Crippen molar-refractivity contribution in [1.82, 2.24) is 19.9 Å². The minimum Gasteiger partial charge on any atom is -0.344 e. The van der Waals surface area contributed by atoms with Crippen LogP contribution in [-0.4, -0.2) is 47.1 Å². The predicted molar refractivity (Wildman–Crippen MR) is 231 cm³/mol. The van der Waals surface area contributed by atoms with Gasteiger partial charge >= 0.3 is 0 Å². The highest BCUT2D eigenvalue weighted by Gasteiger charge is 2.14. The Morgan fingerprint density at radius 2 is 0.750 bits per heavy atom. The first kappa shape index (κ1) is 46.2. The van der Waals surface area contributed by atoms with E-state index in [-0.39, 0.29) is 0 Å². The zero-order valence-corrected chi connectivity index (χ0v) is 35.6. The second-order valence-electron chi connectivity index (χ2n) is 15.7. The third kappa shape index (κ3) is 25.1. The summed E-state index contributed by atoms with van der Waals surface area (Å²) in [5, 5.41) is 6.09. The molecule has 1 N–H and O–H groups in total. The summed E-state index contributed by atoms with van der Waals surface area (Å²) in [7, 11) is 4.24. The van der Waals surface area contributed by atoms with E-state index < -0.39 is 0 Å². The summed E-state index contributed by atoms with van der Waals surface area (Å²) < 4.78 is 0. The van der Waals surface area contributed by atoms with Gasteiger partial charge in [0.2, 0.25) is 17.8 Å². The van der Waals surface area contributed by atoms with E-state index in [9.17, 15) is 0 Å². The van der Waals surface area contributed by atoms with Crippen LogP contribution in [0.5, 0.6) is 0 Å². The van der Waals surface area contributed by atoms with Gasteiger partial charge in [0.25, 0.3) is 0 Å². The maximum absolute atomic E-state index is 4.92. The zero-order chi connectivity index (χ0) is 37.2. The Kier molecular flexibility index (Phi) is 29.8. The van der Waals surface area contributed by atoms with Gasteiger partial charge in [-0.1, -0.05) is 206 Å². The molecular weight excluding hydrogens is 659 g/mol. The molecule has 0 unspecified atom stereocenters. The quantitative estimate of drug-likeness (QED) is 0.0687. The van der Waals surface area contributed by atoms with Crippen LogP contribution in [0.4, 0.5) is 23.0 Å². The molecule has 2 rings (SSSR count). The summed E-state index contributed by atoms with van der Waals surface area (Å²) in [6, 6.07) is 0. The predicted octanol–water partition coefficient (Wildman–Crippen LogP) is 14.5.